The molecule has 2 unspecified atom stereocenters. The first kappa shape index (κ1) is 25.4. The predicted molar refractivity (Wildman–Crippen MR) is 119 cm³/mol. The van der Waals surface area contributed by atoms with E-state index < -0.39 is 17.4 Å². The van der Waals surface area contributed by atoms with Crippen LogP contribution in [0, 0.1) is 6.92 Å². The van der Waals surface area contributed by atoms with Crippen LogP contribution in [0.25, 0.3) is 0 Å². The van der Waals surface area contributed by atoms with Crippen molar-refractivity contribution in [2.75, 3.05) is 13.6 Å². The summed E-state index contributed by atoms with van der Waals surface area (Å²) in [4.78, 5) is 22.8. The van der Waals surface area contributed by atoms with Gasteiger partial charge in [-0.15, -0.1) is 24.0 Å². The summed E-state index contributed by atoms with van der Waals surface area (Å²) in [7, 11) is 1.67. The molecule has 0 aliphatic carbocycles. The lowest BCUT2D eigenvalue weighted by Gasteiger charge is -2.35. The molecule has 2 atom stereocenters. The fourth-order valence-electron chi connectivity index (χ4n) is 3.12. The molecule has 29 heavy (non-hydrogen) atoms. The van der Waals surface area contributed by atoms with E-state index >= 15 is 0 Å². The third-order valence-corrected chi connectivity index (χ3v) is 4.20. The molecule has 1 amide bonds. The van der Waals surface area contributed by atoms with Gasteiger partial charge in [-0.3, -0.25) is 9.89 Å². The summed E-state index contributed by atoms with van der Waals surface area (Å²) in [6.45, 7) is 13.7. The fourth-order valence-corrected chi connectivity index (χ4v) is 3.12. The molecule has 0 saturated carbocycles. The maximum absolute atomic E-state index is 12.8. The highest BCUT2D eigenvalue weighted by molar-refractivity contribution is 14.0. The molecule has 166 valence electrons. The molecule has 0 bridgehead atoms. The van der Waals surface area contributed by atoms with Crippen LogP contribution in [0.4, 0.5) is 4.79 Å². The molecular formula is C18H33IN6O4. The average Bonchev–Trinajstić information content (AvgIpc) is 3.05. The van der Waals surface area contributed by atoms with Crippen molar-refractivity contribution in [2.24, 2.45) is 4.99 Å². The molecule has 1 aromatic rings. The highest BCUT2D eigenvalue weighted by Crippen LogP contribution is 2.33. The van der Waals surface area contributed by atoms with Crippen LogP contribution in [0.15, 0.2) is 9.52 Å². The molecule has 2 rings (SSSR count). The Kier molecular flexibility index (Phi) is 8.69. The second-order valence-electron chi connectivity index (χ2n) is 8.22. The lowest BCUT2D eigenvalue weighted by atomic mass is 10.1. The number of halogens is 1. The number of hydrogen-bond donors (Lipinski definition) is 2. The summed E-state index contributed by atoms with van der Waals surface area (Å²) in [6.07, 6.45) is -0.577. The number of rotatable bonds is 4. The molecule has 1 aliphatic heterocycles. The first-order valence-electron chi connectivity index (χ1n) is 9.37. The number of guanidine groups is 1. The van der Waals surface area contributed by atoms with Crippen LogP contribution < -0.4 is 10.6 Å². The zero-order valence-electron chi connectivity index (χ0n) is 18.4. The zero-order chi connectivity index (χ0) is 21.1. The standard InChI is InChI=1S/C18H32N6O4.HI/c1-11-13(24(18(6,7)26-11)16(25)27-17(3,4)5)9-20-15(19-8)21-10-14-22-12(2)28-23-14;/h11,13H,9-10H2,1-8H3,(H2,19,20,21);1H. The van der Waals surface area contributed by atoms with E-state index in [0.717, 1.165) is 0 Å². The molecule has 1 fully saturated rings. The Labute approximate surface area is 189 Å². The molecule has 1 saturated heterocycles. The molecule has 11 heteroatoms. The number of carbonyl (C=O) groups excluding carboxylic acids is 1. The van der Waals surface area contributed by atoms with Crippen molar-refractivity contribution in [3.8, 4) is 0 Å². The van der Waals surface area contributed by atoms with Crippen molar-refractivity contribution in [2.45, 2.75) is 78.5 Å². The van der Waals surface area contributed by atoms with E-state index in [-0.39, 0.29) is 36.1 Å². The highest BCUT2D eigenvalue weighted by Gasteiger charge is 2.49. The molecule has 2 N–H and O–H groups in total. The maximum Gasteiger partial charge on any atom is 0.412 e. The minimum absolute atomic E-state index is 0. The lowest BCUT2D eigenvalue weighted by Crippen LogP contribution is -2.54. The van der Waals surface area contributed by atoms with Gasteiger partial charge in [0.05, 0.1) is 18.7 Å². The van der Waals surface area contributed by atoms with Crippen LogP contribution in [0.2, 0.25) is 0 Å². The summed E-state index contributed by atoms with van der Waals surface area (Å²) in [5.74, 6) is 1.60. The van der Waals surface area contributed by atoms with Crippen LogP contribution in [-0.2, 0) is 16.0 Å². The number of ether oxygens (including phenoxy) is 2. The quantitative estimate of drug-likeness (QED) is 0.351. The minimum atomic E-state index is -0.771. The number of nitrogens with one attached hydrogen (secondary N) is 2. The van der Waals surface area contributed by atoms with Crippen molar-refractivity contribution in [1.82, 2.24) is 25.7 Å². The summed E-state index contributed by atoms with van der Waals surface area (Å²) in [5, 5.41) is 10.2. The zero-order valence-corrected chi connectivity index (χ0v) is 20.7. The van der Waals surface area contributed by atoms with Crippen molar-refractivity contribution >= 4 is 36.0 Å². The van der Waals surface area contributed by atoms with Crippen molar-refractivity contribution < 1.29 is 18.8 Å². The van der Waals surface area contributed by atoms with Gasteiger partial charge in [0.1, 0.15) is 11.3 Å². The van der Waals surface area contributed by atoms with E-state index in [1.165, 1.54) is 0 Å². The molecule has 10 nitrogen and oxygen atoms in total. The molecule has 0 aromatic carbocycles. The van der Waals surface area contributed by atoms with E-state index in [1.807, 2.05) is 41.5 Å². The highest BCUT2D eigenvalue weighted by atomic mass is 127. The SMILES string of the molecule is CN=C(NCc1noc(C)n1)NCC1C(C)OC(C)(C)N1C(=O)OC(C)(C)C.I. The fraction of sp³-hybridized carbons (Fsp3) is 0.778. The molecule has 0 spiro atoms. The van der Waals surface area contributed by atoms with Gasteiger partial charge in [-0.05, 0) is 41.5 Å². The van der Waals surface area contributed by atoms with Gasteiger partial charge >= 0.3 is 6.09 Å². The lowest BCUT2D eigenvalue weighted by molar-refractivity contribution is -0.0755. The van der Waals surface area contributed by atoms with E-state index in [9.17, 15) is 4.79 Å². The Morgan fingerprint density at radius 1 is 1.34 bits per heavy atom. The van der Waals surface area contributed by atoms with Gasteiger partial charge in [0, 0.05) is 20.5 Å². The number of aliphatic imine (C=N–C) groups is 1. The number of aryl methyl sites for hydroxylation is 1. The van der Waals surface area contributed by atoms with Gasteiger partial charge < -0.3 is 24.6 Å². The van der Waals surface area contributed by atoms with E-state index in [4.69, 9.17) is 14.0 Å². The normalized spacial score (nSPS) is 21.5. The molecular weight excluding hydrogens is 491 g/mol. The van der Waals surface area contributed by atoms with Gasteiger partial charge in [-0.25, -0.2) is 4.79 Å². The monoisotopic (exact) mass is 524 g/mol. The number of nitrogens with zero attached hydrogens (tertiary/aromatic N) is 4. The van der Waals surface area contributed by atoms with Gasteiger partial charge in [0.25, 0.3) is 0 Å². The minimum Gasteiger partial charge on any atom is -0.444 e. The van der Waals surface area contributed by atoms with E-state index in [1.54, 1.807) is 18.9 Å². The Morgan fingerprint density at radius 3 is 2.52 bits per heavy atom. The van der Waals surface area contributed by atoms with Crippen molar-refractivity contribution in [3.63, 3.8) is 0 Å². The van der Waals surface area contributed by atoms with E-state index in [0.29, 0.717) is 30.8 Å². The van der Waals surface area contributed by atoms with E-state index in [2.05, 4.69) is 25.8 Å². The Morgan fingerprint density at radius 2 is 2.00 bits per heavy atom. The molecule has 0 radical (unpaired) electrons. The largest absolute Gasteiger partial charge is 0.444 e. The Bertz CT molecular complexity index is 715. The summed E-state index contributed by atoms with van der Waals surface area (Å²) < 4.78 is 16.5. The second-order valence-corrected chi connectivity index (χ2v) is 8.22. The molecule has 2 heterocycles. The van der Waals surface area contributed by atoms with Gasteiger partial charge in [0.2, 0.25) is 5.89 Å². The van der Waals surface area contributed by atoms with Gasteiger partial charge in [-0.2, -0.15) is 4.98 Å². The third-order valence-electron chi connectivity index (χ3n) is 4.20. The average molecular weight is 524 g/mol. The third kappa shape index (κ3) is 6.98. The molecule has 1 aromatic heterocycles. The number of hydrogen-bond acceptors (Lipinski definition) is 7. The van der Waals surface area contributed by atoms with Crippen LogP contribution in [0.1, 0.15) is 53.3 Å². The van der Waals surface area contributed by atoms with Crippen LogP contribution in [0.5, 0.6) is 0 Å². The van der Waals surface area contributed by atoms with Crippen LogP contribution >= 0.6 is 24.0 Å². The summed E-state index contributed by atoms with van der Waals surface area (Å²) in [5.41, 5.74) is -1.36. The topological polar surface area (TPSA) is 114 Å². The van der Waals surface area contributed by atoms with Crippen LogP contribution in [-0.4, -0.2) is 64.2 Å². The Hall–Kier alpha value is -1.63. The molecule has 1 aliphatic rings. The Balaban J connectivity index is 0.00000420. The number of carbonyl (C=O) groups is 1. The smallest absolute Gasteiger partial charge is 0.412 e. The first-order valence-corrected chi connectivity index (χ1v) is 9.37. The second kappa shape index (κ2) is 9.92. The van der Waals surface area contributed by atoms with Crippen LogP contribution in [0.3, 0.4) is 0 Å². The van der Waals surface area contributed by atoms with Crippen molar-refractivity contribution in [1.29, 1.82) is 0 Å². The maximum atomic E-state index is 12.8. The van der Waals surface area contributed by atoms with Crippen molar-refractivity contribution in [3.05, 3.63) is 11.7 Å². The summed E-state index contributed by atoms with van der Waals surface area (Å²) >= 11 is 0. The number of aromatic nitrogens is 2. The summed E-state index contributed by atoms with van der Waals surface area (Å²) in [6, 6.07) is -0.226. The first-order chi connectivity index (χ1) is 12.9. The van der Waals surface area contributed by atoms with Gasteiger partial charge in [-0.1, -0.05) is 5.16 Å². The van der Waals surface area contributed by atoms with Gasteiger partial charge in [0.15, 0.2) is 11.8 Å². The predicted octanol–water partition coefficient (Wildman–Crippen LogP) is 2.42. The number of amides is 1.